The third-order valence-electron chi connectivity index (χ3n) is 3.69. The first-order valence-corrected chi connectivity index (χ1v) is 7.41. The van der Waals surface area contributed by atoms with E-state index >= 15 is 0 Å². The molecule has 0 aromatic heterocycles. The summed E-state index contributed by atoms with van der Waals surface area (Å²) >= 11 is 0. The van der Waals surface area contributed by atoms with Crippen molar-refractivity contribution in [3.8, 4) is 5.75 Å². The molecule has 1 saturated carbocycles. The molecule has 0 aliphatic heterocycles. The highest BCUT2D eigenvalue weighted by Crippen LogP contribution is 2.19. The van der Waals surface area contributed by atoms with Crippen molar-refractivity contribution in [1.29, 1.82) is 0 Å². The minimum atomic E-state index is -0.0759. The van der Waals surface area contributed by atoms with Crippen LogP contribution in [0.5, 0.6) is 5.75 Å². The molecule has 19 heavy (non-hydrogen) atoms. The van der Waals surface area contributed by atoms with Gasteiger partial charge in [0.2, 0.25) is 0 Å². The fourth-order valence-electron chi connectivity index (χ4n) is 2.47. The molecule has 0 atom stereocenters. The van der Waals surface area contributed by atoms with Crippen LogP contribution in [0.15, 0.2) is 24.3 Å². The van der Waals surface area contributed by atoms with Crippen LogP contribution >= 0.6 is 0 Å². The van der Waals surface area contributed by atoms with E-state index in [4.69, 9.17) is 4.74 Å². The van der Waals surface area contributed by atoms with E-state index in [-0.39, 0.29) is 6.10 Å². The van der Waals surface area contributed by atoms with E-state index in [1.807, 2.05) is 12.1 Å². The van der Waals surface area contributed by atoms with Gasteiger partial charge in [0.05, 0.1) is 12.7 Å². The number of aliphatic hydroxyl groups excluding tert-OH is 1. The standard InChI is InChI=1S/C16H25NO2/c1-2-11-19-16-9-3-13(4-10-16)12-17-14-5-7-15(18)8-6-14/h3-4,9-10,14-15,17-18H,2,5-8,11-12H2,1H3. The van der Waals surface area contributed by atoms with Crippen molar-refractivity contribution >= 4 is 0 Å². The van der Waals surface area contributed by atoms with E-state index < -0.39 is 0 Å². The maximum Gasteiger partial charge on any atom is 0.119 e. The fourth-order valence-corrected chi connectivity index (χ4v) is 2.47. The van der Waals surface area contributed by atoms with Gasteiger partial charge in [-0.3, -0.25) is 0 Å². The second kappa shape index (κ2) is 7.51. The summed E-state index contributed by atoms with van der Waals surface area (Å²) in [6, 6.07) is 8.87. The summed E-state index contributed by atoms with van der Waals surface area (Å²) in [5.74, 6) is 0.950. The average Bonchev–Trinajstić information content (AvgIpc) is 2.46. The molecule has 1 aromatic rings. The predicted octanol–water partition coefficient (Wildman–Crippen LogP) is 2.87. The third-order valence-corrected chi connectivity index (χ3v) is 3.69. The van der Waals surface area contributed by atoms with Gasteiger partial charge in [-0.25, -0.2) is 0 Å². The topological polar surface area (TPSA) is 41.5 Å². The summed E-state index contributed by atoms with van der Waals surface area (Å²) in [5.41, 5.74) is 1.29. The van der Waals surface area contributed by atoms with Crippen molar-refractivity contribution < 1.29 is 9.84 Å². The Bertz CT molecular complexity index is 356. The lowest BCUT2D eigenvalue weighted by atomic mass is 9.93. The van der Waals surface area contributed by atoms with Gasteiger partial charge in [0.25, 0.3) is 0 Å². The molecule has 1 aliphatic carbocycles. The molecule has 0 spiro atoms. The van der Waals surface area contributed by atoms with Gasteiger partial charge in [-0.2, -0.15) is 0 Å². The molecule has 1 aliphatic rings. The average molecular weight is 263 g/mol. The Kier molecular flexibility index (Phi) is 5.67. The molecule has 1 aromatic carbocycles. The molecule has 0 unspecified atom stereocenters. The molecule has 0 radical (unpaired) electrons. The molecular weight excluding hydrogens is 238 g/mol. The Morgan fingerprint density at radius 2 is 1.84 bits per heavy atom. The van der Waals surface area contributed by atoms with Crippen LogP contribution < -0.4 is 10.1 Å². The van der Waals surface area contributed by atoms with Crippen LogP contribution in [0.2, 0.25) is 0 Å². The monoisotopic (exact) mass is 263 g/mol. The quantitative estimate of drug-likeness (QED) is 0.829. The summed E-state index contributed by atoms with van der Waals surface area (Å²) in [4.78, 5) is 0. The molecule has 0 amide bonds. The van der Waals surface area contributed by atoms with Crippen LogP contribution in [0.1, 0.15) is 44.6 Å². The van der Waals surface area contributed by atoms with Crippen LogP contribution in [-0.2, 0) is 6.54 Å². The molecule has 0 saturated heterocycles. The first-order chi connectivity index (χ1) is 9.28. The summed E-state index contributed by atoms with van der Waals surface area (Å²) in [6.07, 6.45) is 4.99. The molecule has 0 heterocycles. The van der Waals surface area contributed by atoms with Crippen molar-refractivity contribution in [2.45, 2.75) is 57.7 Å². The number of ether oxygens (including phenoxy) is 1. The largest absolute Gasteiger partial charge is 0.494 e. The van der Waals surface area contributed by atoms with Gasteiger partial charge in [0.1, 0.15) is 5.75 Å². The zero-order valence-corrected chi connectivity index (χ0v) is 11.8. The molecule has 106 valence electrons. The zero-order chi connectivity index (χ0) is 13.5. The first kappa shape index (κ1) is 14.4. The number of hydrogen-bond donors (Lipinski definition) is 2. The van der Waals surface area contributed by atoms with E-state index in [2.05, 4.69) is 24.4 Å². The van der Waals surface area contributed by atoms with Gasteiger partial charge >= 0.3 is 0 Å². The third kappa shape index (κ3) is 4.84. The number of nitrogens with one attached hydrogen (secondary N) is 1. The fraction of sp³-hybridized carbons (Fsp3) is 0.625. The lowest BCUT2D eigenvalue weighted by molar-refractivity contribution is 0.116. The van der Waals surface area contributed by atoms with E-state index in [0.29, 0.717) is 6.04 Å². The van der Waals surface area contributed by atoms with Crippen molar-refractivity contribution in [3.05, 3.63) is 29.8 Å². The maximum absolute atomic E-state index is 9.47. The molecule has 3 heteroatoms. The first-order valence-electron chi connectivity index (χ1n) is 7.41. The van der Waals surface area contributed by atoms with Crippen LogP contribution in [-0.4, -0.2) is 23.9 Å². The highest BCUT2D eigenvalue weighted by Gasteiger charge is 2.18. The van der Waals surface area contributed by atoms with Crippen molar-refractivity contribution in [3.63, 3.8) is 0 Å². The number of benzene rings is 1. The Balaban J connectivity index is 1.73. The van der Waals surface area contributed by atoms with E-state index in [1.165, 1.54) is 5.56 Å². The number of hydrogen-bond acceptors (Lipinski definition) is 3. The molecule has 3 nitrogen and oxygen atoms in total. The summed E-state index contributed by atoms with van der Waals surface area (Å²) < 4.78 is 5.57. The summed E-state index contributed by atoms with van der Waals surface area (Å²) in [7, 11) is 0. The molecule has 2 N–H and O–H groups in total. The Labute approximate surface area is 116 Å². The van der Waals surface area contributed by atoms with Gasteiger partial charge in [-0.05, 0) is 49.8 Å². The highest BCUT2D eigenvalue weighted by molar-refractivity contribution is 5.27. The Hall–Kier alpha value is -1.06. The Morgan fingerprint density at radius 1 is 1.16 bits per heavy atom. The number of aliphatic hydroxyl groups is 1. The van der Waals surface area contributed by atoms with E-state index in [9.17, 15) is 5.11 Å². The predicted molar refractivity (Wildman–Crippen MR) is 77.3 cm³/mol. The highest BCUT2D eigenvalue weighted by atomic mass is 16.5. The molecule has 0 bridgehead atoms. The lowest BCUT2D eigenvalue weighted by Crippen LogP contribution is -2.34. The normalized spacial score (nSPS) is 23.3. The SMILES string of the molecule is CCCOc1ccc(CNC2CCC(O)CC2)cc1. The number of rotatable bonds is 6. The van der Waals surface area contributed by atoms with Crippen LogP contribution in [0, 0.1) is 0 Å². The summed E-state index contributed by atoms with van der Waals surface area (Å²) in [5, 5.41) is 13.0. The van der Waals surface area contributed by atoms with Crippen molar-refractivity contribution in [1.82, 2.24) is 5.32 Å². The second-order valence-corrected chi connectivity index (χ2v) is 5.38. The van der Waals surface area contributed by atoms with E-state index in [1.54, 1.807) is 0 Å². The minimum Gasteiger partial charge on any atom is -0.494 e. The second-order valence-electron chi connectivity index (χ2n) is 5.38. The van der Waals surface area contributed by atoms with Crippen LogP contribution in [0.25, 0.3) is 0 Å². The summed E-state index contributed by atoms with van der Waals surface area (Å²) in [6.45, 7) is 3.79. The van der Waals surface area contributed by atoms with Gasteiger partial charge in [-0.15, -0.1) is 0 Å². The van der Waals surface area contributed by atoms with Crippen LogP contribution in [0.3, 0.4) is 0 Å². The Morgan fingerprint density at radius 3 is 2.47 bits per heavy atom. The van der Waals surface area contributed by atoms with E-state index in [0.717, 1.165) is 51.0 Å². The maximum atomic E-state index is 9.47. The van der Waals surface area contributed by atoms with Gasteiger partial charge < -0.3 is 15.2 Å². The molecule has 1 fully saturated rings. The van der Waals surface area contributed by atoms with Crippen molar-refractivity contribution in [2.24, 2.45) is 0 Å². The lowest BCUT2D eigenvalue weighted by Gasteiger charge is -2.26. The van der Waals surface area contributed by atoms with Gasteiger partial charge in [0, 0.05) is 12.6 Å². The van der Waals surface area contributed by atoms with Crippen molar-refractivity contribution in [2.75, 3.05) is 6.61 Å². The van der Waals surface area contributed by atoms with Gasteiger partial charge in [0.15, 0.2) is 0 Å². The molecular formula is C16H25NO2. The molecule has 2 rings (SSSR count). The van der Waals surface area contributed by atoms with Crippen LogP contribution in [0.4, 0.5) is 0 Å². The van der Waals surface area contributed by atoms with Gasteiger partial charge in [-0.1, -0.05) is 19.1 Å². The zero-order valence-electron chi connectivity index (χ0n) is 11.8. The smallest absolute Gasteiger partial charge is 0.119 e. The minimum absolute atomic E-state index is 0.0759.